The summed E-state index contributed by atoms with van der Waals surface area (Å²) < 4.78 is 0. The standard InChI is InChI=1S/C11H24N2/c1-9(7-12)13-8-10-5-4-6-11(10,2)3/h9-10,13H,4-8,12H2,1-3H3. The summed E-state index contributed by atoms with van der Waals surface area (Å²) >= 11 is 0. The van der Waals surface area contributed by atoms with Gasteiger partial charge in [-0.25, -0.2) is 0 Å². The summed E-state index contributed by atoms with van der Waals surface area (Å²) in [5, 5.41) is 3.50. The summed E-state index contributed by atoms with van der Waals surface area (Å²) in [4.78, 5) is 0. The van der Waals surface area contributed by atoms with Gasteiger partial charge in [0.2, 0.25) is 0 Å². The molecule has 1 rings (SSSR count). The van der Waals surface area contributed by atoms with E-state index in [4.69, 9.17) is 5.73 Å². The lowest BCUT2D eigenvalue weighted by atomic mass is 9.82. The van der Waals surface area contributed by atoms with Crippen molar-refractivity contribution in [1.29, 1.82) is 0 Å². The van der Waals surface area contributed by atoms with Crippen molar-refractivity contribution < 1.29 is 0 Å². The molecule has 0 bridgehead atoms. The summed E-state index contributed by atoms with van der Waals surface area (Å²) in [6.45, 7) is 8.82. The molecule has 0 aromatic rings. The average Bonchev–Trinajstić information content (AvgIpc) is 2.41. The van der Waals surface area contributed by atoms with E-state index in [-0.39, 0.29) is 0 Å². The largest absolute Gasteiger partial charge is 0.329 e. The van der Waals surface area contributed by atoms with Crippen molar-refractivity contribution in [3.05, 3.63) is 0 Å². The van der Waals surface area contributed by atoms with Crippen molar-refractivity contribution in [2.45, 2.75) is 46.1 Å². The maximum Gasteiger partial charge on any atom is 0.0162 e. The maximum atomic E-state index is 5.56. The lowest BCUT2D eigenvalue weighted by Crippen LogP contribution is -2.38. The number of hydrogen-bond donors (Lipinski definition) is 2. The first-order valence-electron chi connectivity index (χ1n) is 5.49. The molecule has 0 aromatic carbocycles. The van der Waals surface area contributed by atoms with Crippen LogP contribution in [0.15, 0.2) is 0 Å². The Bertz CT molecular complexity index is 154. The molecule has 13 heavy (non-hydrogen) atoms. The molecule has 2 nitrogen and oxygen atoms in total. The first kappa shape index (κ1) is 11.0. The Kier molecular flexibility index (Phi) is 3.74. The van der Waals surface area contributed by atoms with Crippen LogP contribution >= 0.6 is 0 Å². The lowest BCUT2D eigenvalue weighted by Gasteiger charge is -2.28. The third-order valence-electron chi connectivity index (χ3n) is 3.55. The van der Waals surface area contributed by atoms with Gasteiger partial charge in [0, 0.05) is 12.6 Å². The van der Waals surface area contributed by atoms with E-state index < -0.39 is 0 Å². The molecule has 0 saturated heterocycles. The first-order chi connectivity index (χ1) is 6.06. The minimum atomic E-state index is 0.469. The van der Waals surface area contributed by atoms with E-state index in [9.17, 15) is 0 Å². The molecule has 0 amide bonds. The van der Waals surface area contributed by atoms with E-state index in [0.29, 0.717) is 11.5 Å². The fraction of sp³-hybridized carbons (Fsp3) is 1.00. The van der Waals surface area contributed by atoms with Crippen LogP contribution < -0.4 is 11.1 Å². The molecule has 2 atom stereocenters. The van der Waals surface area contributed by atoms with Crippen molar-refractivity contribution in [3.8, 4) is 0 Å². The van der Waals surface area contributed by atoms with E-state index in [1.807, 2.05) is 0 Å². The van der Waals surface area contributed by atoms with Gasteiger partial charge in [-0.15, -0.1) is 0 Å². The van der Waals surface area contributed by atoms with Crippen LogP contribution in [0.4, 0.5) is 0 Å². The van der Waals surface area contributed by atoms with Gasteiger partial charge in [-0.3, -0.25) is 0 Å². The number of nitrogens with two attached hydrogens (primary N) is 1. The van der Waals surface area contributed by atoms with Gasteiger partial charge >= 0.3 is 0 Å². The Morgan fingerprint density at radius 2 is 2.23 bits per heavy atom. The predicted octanol–water partition coefficient (Wildman–Crippen LogP) is 1.75. The molecule has 1 aliphatic rings. The molecule has 2 unspecified atom stereocenters. The summed E-state index contributed by atoms with van der Waals surface area (Å²) in [6, 6.07) is 0.469. The first-order valence-corrected chi connectivity index (χ1v) is 5.49. The Morgan fingerprint density at radius 1 is 1.54 bits per heavy atom. The zero-order valence-corrected chi connectivity index (χ0v) is 9.27. The molecule has 3 N–H and O–H groups in total. The average molecular weight is 184 g/mol. The zero-order valence-electron chi connectivity index (χ0n) is 9.27. The van der Waals surface area contributed by atoms with Gasteiger partial charge in [-0.2, -0.15) is 0 Å². The van der Waals surface area contributed by atoms with E-state index >= 15 is 0 Å². The second-order valence-electron chi connectivity index (χ2n) is 5.12. The molecule has 0 spiro atoms. The van der Waals surface area contributed by atoms with E-state index in [2.05, 4.69) is 26.1 Å². The molecular formula is C11H24N2. The second-order valence-corrected chi connectivity index (χ2v) is 5.12. The highest BCUT2D eigenvalue weighted by atomic mass is 14.9. The van der Waals surface area contributed by atoms with E-state index in [1.54, 1.807) is 0 Å². The highest BCUT2D eigenvalue weighted by Crippen LogP contribution is 2.41. The number of rotatable bonds is 4. The predicted molar refractivity (Wildman–Crippen MR) is 57.6 cm³/mol. The molecule has 1 saturated carbocycles. The maximum absolute atomic E-state index is 5.56. The van der Waals surface area contributed by atoms with Crippen LogP contribution in [0.5, 0.6) is 0 Å². The fourth-order valence-corrected chi connectivity index (χ4v) is 2.20. The van der Waals surface area contributed by atoms with E-state index in [1.165, 1.54) is 19.3 Å². The number of nitrogens with one attached hydrogen (secondary N) is 1. The molecule has 0 heterocycles. The van der Waals surface area contributed by atoms with Crippen molar-refractivity contribution in [1.82, 2.24) is 5.32 Å². The second kappa shape index (κ2) is 4.43. The van der Waals surface area contributed by atoms with Crippen molar-refractivity contribution in [2.75, 3.05) is 13.1 Å². The van der Waals surface area contributed by atoms with Gasteiger partial charge in [-0.05, 0) is 37.6 Å². The lowest BCUT2D eigenvalue weighted by molar-refractivity contribution is 0.246. The summed E-state index contributed by atoms with van der Waals surface area (Å²) in [5.41, 5.74) is 6.10. The monoisotopic (exact) mass is 184 g/mol. The van der Waals surface area contributed by atoms with Gasteiger partial charge in [-0.1, -0.05) is 20.3 Å². The third kappa shape index (κ3) is 2.96. The van der Waals surface area contributed by atoms with Crippen LogP contribution in [0, 0.1) is 11.3 Å². The molecule has 1 aliphatic carbocycles. The minimum Gasteiger partial charge on any atom is -0.329 e. The zero-order chi connectivity index (χ0) is 9.90. The Morgan fingerprint density at radius 3 is 2.69 bits per heavy atom. The Balaban J connectivity index is 2.28. The minimum absolute atomic E-state index is 0.469. The van der Waals surface area contributed by atoms with Crippen LogP contribution in [0.1, 0.15) is 40.0 Å². The van der Waals surface area contributed by atoms with Gasteiger partial charge < -0.3 is 11.1 Å². The van der Waals surface area contributed by atoms with Crippen molar-refractivity contribution in [3.63, 3.8) is 0 Å². The van der Waals surface area contributed by atoms with Crippen molar-refractivity contribution in [2.24, 2.45) is 17.1 Å². The van der Waals surface area contributed by atoms with Crippen LogP contribution in [-0.4, -0.2) is 19.1 Å². The molecule has 0 aromatic heterocycles. The van der Waals surface area contributed by atoms with E-state index in [0.717, 1.165) is 19.0 Å². The molecule has 2 heteroatoms. The van der Waals surface area contributed by atoms with Crippen LogP contribution in [-0.2, 0) is 0 Å². The van der Waals surface area contributed by atoms with Gasteiger partial charge in [0.25, 0.3) is 0 Å². The topological polar surface area (TPSA) is 38.0 Å². The van der Waals surface area contributed by atoms with Crippen molar-refractivity contribution >= 4 is 0 Å². The van der Waals surface area contributed by atoms with Crippen LogP contribution in [0.25, 0.3) is 0 Å². The summed E-state index contributed by atoms with van der Waals surface area (Å²) in [7, 11) is 0. The Hall–Kier alpha value is -0.0800. The quantitative estimate of drug-likeness (QED) is 0.698. The summed E-state index contributed by atoms with van der Waals surface area (Å²) in [5.74, 6) is 0.849. The third-order valence-corrected chi connectivity index (χ3v) is 3.55. The molecule has 78 valence electrons. The SMILES string of the molecule is CC(CN)NCC1CCCC1(C)C. The normalized spacial score (nSPS) is 29.1. The van der Waals surface area contributed by atoms with Crippen LogP contribution in [0.3, 0.4) is 0 Å². The molecule has 1 fully saturated rings. The van der Waals surface area contributed by atoms with Gasteiger partial charge in [0.05, 0.1) is 0 Å². The smallest absolute Gasteiger partial charge is 0.0162 e. The number of hydrogen-bond acceptors (Lipinski definition) is 2. The van der Waals surface area contributed by atoms with Crippen LogP contribution in [0.2, 0.25) is 0 Å². The molecule has 0 aliphatic heterocycles. The Labute approximate surface area is 82.3 Å². The van der Waals surface area contributed by atoms with Gasteiger partial charge in [0.15, 0.2) is 0 Å². The van der Waals surface area contributed by atoms with Gasteiger partial charge in [0.1, 0.15) is 0 Å². The highest BCUT2D eigenvalue weighted by Gasteiger charge is 2.33. The summed E-state index contributed by atoms with van der Waals surface area (Å²) in [6.07, 6.45) is 4.17. The molecular weight excluding hydrogens is 160 g/mol. The molecule has 0 radical (unpaired) electrons. The highest BCUT2D eigenvalue weighted by molar-refractivity contribution is 4.86. The fourth-order valence-electron chi connectivity index (χ4n) is 2.20.